The number of carbonyl (C=O) groups is 1. The van der Waals surface area contributed by atoms with Gasteiger partial charge >= 0.3 is 0 Å². The molecule has 0 unspecified atom stereocenters. The molecule has 2 heterocycles. The van der Waals surface area contributed by atoms with Crippen LogP contribution in [0.3, 0.4) is 0 Å². The van der Waals surface area contributed by atoms with Gasteiger partial charge in [-0.1, -0.05) is 6.92 Å². The first-order chi connectivity index (χ1) is 10.0. The molecule has 2 rings (SSSR count). The summed E-state index contributed by atoms with van der Waals surface area (Å²) >= 11 is 0. The summed E-state index contributed by atoms with van der Waals surface area (Å²) in [7, 11) is 1.67. The number of hydrogen-bond donors (Lipinski definition) is 1. The van der Waals surface area contributed by atoms with E-state index < -0.39 is 0 Å². The van der Waals surface area contributed by atoms with Crippen molar-refractivity contribution in [2.45, 2.75) is 46.5 Å². The van der Waals surface area contributed by atoms with Gasteiger partial charge in [0.2, 0.25) is 0 Å². The normalized spacial score (nSPS) is 17.5. The van der Waals surface area contributed by atoms with E-state index >= 15 is 0 Å². The van der Waals surface area contributed by atoms with Crippen molar-refractivity contribution >= 4 is 5.78 Å². The second-order valence-corrected chi connectivity index (χ2v) is 6.03. The van der Waals surface area contributed by atoms with Crippen LogP contribution < -0.4 is 10.1 Å². The van der Waals surface area contributed by atoms with Gasteiger partial charge < -0.3 is 10.1 Å². The van der Waals surface area contributed by atoms with Crippen LogP contribution in [0.5, 0.6) is 5.75 Å². The highest BCUT2D eigenvalue weighted by Crippen LogP contribution is 2.35. The molecule has 0 aliphatic carbocycles. The third kappa shape index (κ3) is 3.10. The quantitative estimate of drug-likeness (QED) is 0.905. The highest BCUT2D eigenvalue weighted by atomic mass is 16.5. The zero-order chi connectivity index (χ0) is 15.5. The van der Waals surface area contributed by atoms with E-state index in [1.807, 2.05) is 13.8 Å². The van der Waals surface area contributed by atoms with Gasteiger partial charge in [0, 0.05) is 29.2 Å². The first kappa shape index (κ1) is 16.0. The number of rotatable bonds is 5. The predicted octanol–water partition coefficient (Wildman–Crippen LogP) is 2.60. The van der Waals surface area contributed by atoms with Gasteiger partial charge in [-0.2, -0.15) is 0 Å². The molecule has 4 heteroatoms. The van der Waals surface area contributed by atoms with Crippen molar-refractivity contribution in [1.29, 1.82) is 0 Å². The summed E-state index contributed by atoms with van der Waals surface area (Å²) in [5.74, 6) is 1.18. The summed E-state index contributed by atoms with van der Waals surface area (Å²) in [6.07, 6.45) is 5.00. The zero-order valence-corrected chi connectivity index (χ0v) is 13.6. The molecule has 0 radical (unpaired) electrons. The number of ketones is 1. The molecule has 1 aliphatic rings. The summed E-state index contributed by atoms with van der Waals surface area (Å²) in [6.45, 7) is 7.96. The number of nitrogens with zero attached hydrogens (tertiary/aromatic N) is 1. The molecule has 0 saturated carbocycles. The Morgan fingerprint density at radius 2 is 2.05 bits per heavy atom. The summed E-state index contributed by atoms with van der Waals surface area (Å²) in [4.78, 5) is 17.3. The SMILES string of the molecule is CCC1(C(=O)Cc2ncc(C)c(OC)c2C)CCNCC1. The summed E-state index contributed by atoms with van der Waals surface area (Å²) in [5.41, 5.74) is 2.69. The number of nitrogens with one attached hydrogen (secondary N) is 1. The van der Waals surface area contributed by atoms with Gasteiger partial charge in [-0.15, -0.1) is 0 Å². The van der Waals surface area contributed by atoms with Gasteiger partial charge in [-0.05, 0) is 46.2 Å². The van der Waals surface area contributed by atoms with Crippen LogP contribution >= 0.6 is 0 Å². The molecule has 0 amide bonds. The largest absolute Gasteiger partial charge is 0.496 e. The fraction of sp³-hybridized carbons (Fsp3) is 0.647. The molecule has 0 bridgehead atoms. The van der Waals surface area contributed by atoms with Crippen molar-refractivity contribution < 1.29 is 9.53 Å². The minimum Gasteiger partial charge on any atom is -0.496 e. The van der Waals surface area contributed by atoms with Gasteiger partial charge in [0.15, 0.2) is 0 Å². The minimum atomic E-state index is -0.169. The molecule has 1 saturated heterocycles. The third-order valence-electron chi connectivity index (χ3n) is 4.91. The van der Waals surface area contributed by atoms with Crippen molar-refractivity contribution in [3.05, 3.63) is 23.0 Å². The van der Waals surface area contributed by atoms with Crippen molar-refractivity contribution in [1.82, 2.24) is 10.3 Å². The van der Waals surface area contributed by atoms with E-state index in [-0.39, 0.29) is 5.41 Å². The highest BCUT2D eigenvalue weighted by molar-refractivity contribution is 5.87. The Balaban J connectivity index is 2.23. The number of methoxy groups -OCH3 is 1. The zero-order valence-electron chi connectivity index (χ0n) is 13.6. The van der Waals surface area contributed by atoms with Crippen LogP contribution in [0.1, 0.15) is 43.0 Å². The van der Waals surface area contributed by atoms with E-state index in [0.29, 0.717) is 12.2 Å². The van der Waals surface area contributed by atoms with E-state index in [0.717, 1.165) is 54.9 Å². The monoisotopic (exact) mass is 290 g/mol. The lowest BCUT2D eigenvalue weighted by Gasteiger charge is -2.35. The Labute approximate surface area is 127 Å². The number of Topliss-reactive ketones (excluding diaryl/α,β-unsaturated/α-hetero) is 1. The maximum Gasteiger partial charge on any atom is 0.145 e. The van der Waals surface area contributed by atoms with Gasteiger partial charge in [0.1, 0.15) is 11.5 Å². The van der Waals surface area contributed by atoms with Crippen LogP contribution in [0.4, 0.5) is 0 Å². The van der Waals surface area contributed by atoms with Gasteiger partial charge in [0.25, 0.3) is 0 Å². The molecule has 0 atom stereocenters. The molecule has 1 aromatic rings. The maximum atomic E-state index is 12.8. The molecule has 21 heavy (non-hydrogen) atoms. The first-order valence-corrected chi connectivity index (χ1v) is 7.77. The lowest BCUT2D eigenvalue weighted by Crippen LogP contribution is -2.42. The Bertz CT molecular complexity index is 520. The summed E-state index contributed by atoms with van der Waals surface area (Å²) < 4.78 is 5.43. The minimum absolute atomic E-state index is 0.169. The van der Waals surface area contributed by atoms with Crippen LogP contribution in [0.2, 0.25) is 0 Å². The molecule has 116 valence electrons. The molecular weight excluding hydrogens is 264 g/mol. The van der Waals surface area contributed by atoms with Crippen molar-refractivity contribution in [2.24, 2.45) is 5.41 Å². The van der Waals surface area contributed by atoms with Crippen LogP contribution in [0.25, 0.3) is 0 Å². The lowest BCUT2D eigenvalue weighted by atomic mass is 9.72. The van der Waals surface area contributed by atoms with Crippen LogP contribution in [0.15, 0.2) is 6.20 Å². The fourth-order valence-electron chi connectivity index (χ4n) is 3.32. The average Bonchev–Trinajstić information content (AvgIpc) is 2.51. The number of aryl methyl sites for hydroxylation is 1. The standard InChI is InChI=1S/C17H26N2O2/c1-5-17(6-8-18-9-7-17)15(20)10-14-13(3)16(21-4)12(2)11-19-14/h11,18H,5-10H2,1-4H3. The van der Waals surface area contributed by atoms with Crippen molar-refractivity contribution in [3.8, 4) is 5.75 Å². The second-order valence-electron chi connectivity index (χ2n) is 6.03. The molecule has 0 spiro atoms. The summed E-state index contributed by atoms with van der Waals surface area (Å²) in [6, 6.07) is 0. The molecule has 1 aliphatic heterocycles. The predicted molar refractivity (Wildman–Crippen MR) is 83.8 cm³/mol. The third-order valence-corrected chi connectivity index (χ3v) is 4.91. The smallest absolute Gasteiger partial charge is 0.145 e. The van der Waals surface area contributed by atoms with E-state index in [9.17, 15) is 4.79 Å². The van der Waals surface area contributed by atoms with Gasteiger partial charge in [-0.3, -0.25) is 9.78 Å². The van der Waals surface area contributed by atoms with Gasteiger partial charge in [0.05, 0.1) is 12.8 Å². The first-order valence-electron chi connectivity index (χ1n) is 7.77. The van der Waals surface area contributed by atoms with Crippen molar-refractivity contribution in [2.75, 3.05) is 20.2 Å². The lowest BCUT2D eigenvalue weighted by molar-refractivity contribution is -0.129. The van der Waals surface area contributed by atoms with Crippen molar-refractivity contribution in [3.63, 3.8) is 0 Å². The average molecular weight is 290 g/mol. The van der Waals surface area contributed by atoms with Crippen LogP contribution in [-0.4, -0.2) is 31.0 Å². The molecular formula is C17H26N2O2. The molecule has 0 aromatic carbocycles. The Hall–Kier alpha value is -1.42. The number of aromatic nitrogens is 1. The number of piperidine rings is 1. The van der Waals surface area contributed by atoms with Gasteiger partial charge in [-0.25, -0.2) is 0 Å². The molecule has 1 fully saturated rings. The fourth-order valence-corrected chi connectivity index (χ4v) is 3.32. The topological polar surface area (TPSA) is 51.2 Å². The summed E-state index contributed by atoms with van der Waals surface area (Å²) in [5, 5.41) is 3.34. The number of pyridine rings is 1. The number of ether oxygens (including phenoxy) is 1. The highest BCUT2D eigenvalue weighted by Gasteiger charge is 2.37. The molecule has 1 aromatic heterocycles. The Kier molecular flexibility index (Phi) is 4.99. The number of carbonyl (C=O) groups excluding carboxylic acids is 1. The van der Waals surface area contributed by atoms with Crippen LogP contribution in [0, 0.1) is 19.3 Å². The second kappa shape index (κ2) is 6.56. The van der Waals surface area contributed by atoms with E-state index in [2.05, 4.69) is 17.2 Å². The van der Waals surface area contributed by atoms with E-state index in [1.54, 1.807) is 13.3 Å². The molecule has 4 nitrogen and oxygen atoms in total. The van der Waals surface area contributed by atoms with Crippen LogP contribution in [-0.2, 0) is 11.2 Å². The molecule has 1 N–H and O–H groups in total. The maximum absolute atomic E-state index is 12.8. The Morgan fingerprint density at radius 1 is 1.38 bits per heavy atom. The Morgan fingerprint density at radius 3 is 2.62 bits per heavy atom. The number of hydrogen-bond acceptors (Lipinski definition) is 4. The van der Waals surface area contributed by atoms with E-state index in [4.69, 9.17) is 4.74 Å². The van der Waals surface area contributed by atoms with E-state index in [1.165, 1.54) is 0 Å².